The van der Waals surface area contributed by atoms with Crippen LogP contribution in [0.3, 0.4) is 0 Å². The average molecular weight is 295 g/mol. The predicted octanol–water partition coefficient (Wildman–Crippen LogP) is 3.53. The molecular weight excluding hydrogens is 274 g/mol. The topological polar surface area (TPSA) is 51.0 Å². The zero-order valence-electron chi connectivity index (χ0n) is 13.2. The van der Waals surface area contributed by atoms with Gasteiger partial charge in [-0.2, -0.15) is 4.98 Å². The van der Waals surface area contributed by atoms with E-state index in [9.17, 15) is 0 Å². The average Bonchev–Trinajstić information content (AvgIpc) is 3.02. The first-order valence-electron chi connectivity index (χ1n) is 7.66. The first kappa shape index (κ1) is 14.7. The zero-order valence-corrected chi connectivity index (χ0v) is 13.2. The van der Waals surface area contributed by atoms with Crippen LogP contribution in [-0.2, 0) is 6.42 Å². The van der Waals surface area contributed by atoms with E-state index in [4.69, 9.17) is 4.52 Å². The van der Waals surface area contributed by atoms with Crippen molar-refractivity contribution in [1.82, 2.24) is 15.5 Å². The van der Waals surface area contributed by atoms with Crippen LogP contribution in [0.25, 0.3) is 10.8 Å². The van der Waals surface area contributed by atoms with Gasteiger partial charge in [-0.15, -0.1) is 0 Å². The van der Waals surface area contributed by atoms with Crippen molar-refractivity contribution < 1.29 is 4.52 Å². The molecule has 0 aliphatic heterocycles. The van der Waals surface area contributed by atoms with E-state index in [-0.39, 0.29) is 5.92 Å². The van der Waals surface area contributed by atoms with E-state index in [2.05, 4.69) is 71.8 Å². The number of rotatable bonds is 5. The largest absolute Gasteiger partial charge is 0.339 e. The van der Waals surface area contributed by atoms with Crippen molar-refractivity contribution in [2.45, 2.75) is 32.2 Å². The molecule has 114 valence electrons. The van der Waals surface area contributed by atoms with Gasteiger partial charge in [0.2, 0.25) is 5.89 Å². The molecule has 3 aromatic rings. The van der Waals surface area contributed by atoms with Gasteiger partial charge in [-0.1, -0.05) is 47.6 Å². The normalized spacial score (nSPS) is 14.1. The van der Waals surface area contributed by atoms with Crippen LogP contribution in [0.5, 0.6) is 0 Å². The molecular formula is C18H21N3O. The summed E-state index contributed by atoms with van der Waals surface area (Å²) < 4.78 is 5.45. The Hall–Kier alpha value is -2.20. The molecule has 0 radical (unpaired) electrons. The van der Waals surface area contributed by atoms with E-state index in [1.165, 1.54) is 16.3 Å². The molecule has 0 amide bonds. The maximum absolute atomic E-state index is 5.45. The maximum Gasteiger partial charge on any atom is 0.233 e. The summed E-state index contributed by atoms with van der Waals surface area (Å²) in [7, 11) is 1.93. The summed E-state index contributed by atoms with van der Waals surface area (Å²) in [5.41, 5.74) is 1.19. The fourth-order valence-corrected chi connectivity index (χ4v) is 2.52. The number of likely N-dealkylation sites (N-methyl/N-ethyl adjacent to an activating group) is 1. The van der Waals surface area contributed by atoms with Crippen molar-refractivity contribution >= 4 is 10.8 Å². The number of aromatic nitrogens is 2. The highest BCUT2D eigenvalue weighted by molar-refractivity contribution is 5.83. The fourth-order valence-electron chi connectivity index (χ4n) is 2.52. The number of hydrogen-bond acceptors (Lipinski definition) is 4. The van der Waals surface area contributed by atoms with Gasteiger partial charge in [-0.25, -0.2) is 0 Å². The van der Waals surface area contributed by atoms with E-state index < -0.39 is 0 Å². The van der Waals surface area contributed by atoms with Crippen molar-refractivity contribution in [3.8, 4) is 0 Å². The summed E-state index contributed by atoms with van der Waals surface area (Å²) in [5, 5.41) is 9.74. The van der Waals surface area contributed by atoms with Crippen LogP contribution >= 0.6 is 0 Å². The lowest BCUT2D eigenvalue weighted by Gasteiger charge is -2.08. The third-order valence-electron chi connectivity index (χ3n) is 4.11. The Morgan fingerprint density at radius 2 is 1.86 bits per heavy atom. The standard InChI is InChI=1S/C18H21N3O/c1-12(19-3)10-17-20-18(22-21-17)13(2)15-9-8-14-6-4-5-7-16(14)11-15/h4-9,11-13,19H,10H2,1-3H3. The lowest BCUT2D eigenvalue weighted by molar-refractivity contribution is 0.364. The van der Waals surface area contributed by atoms with Crippen molar-refractivity contribution in [2.75, 3.05) is 7.05 Å². The Morgan fingerprint density at radius 1 is 1.09 bits per heavy atom. The van der Waals surface area contributed by atoms with Crippen molar-refractivity contribution in [2.24, 2.45) is 0 Å². The molecule has 1 N–H and O–H groups in total. The van der Waals surface area contributed by atoms with Gasteiger partial charge < -0.3 is 9.84 Å². The molecule has 2 unspecified atom stereocenters. The molecule has 0 spiro atoms. The van der Waals surface area contributed by atoms with Crippen LogP contribution < -0.4 is 5.32 Å². The van der Waals surface area contributed by atoms with Crippen molar-refractivity contribution in [3.05, 3.63) is 59.7 Å². The van der Waals surface area contributed by atoms with Gasteiger partial charge in [-0.05, 0) is 37.2 Å². The molecule has 4 nitrogen and oxygen atoms in total. The molecule has 0 saturated carbocycles. The lowest BCUT2D eigenvalue weighted by atomic mass is 9.98. The summed E-state index contributed by atoms with van der Waals surface area (Å²) in [6.07, 6.45) is 0.768. The number of nitrogens with zero attached hydrogens (tertiary/aromatic N) is 2. The fraction of sp³-hybridized carbons (Fsp3) is 0.333. The van der Waals surface area contributed by atoms with Crippen LogP contribution in [0, 0.1) is 0 Å². The predicted molar refractivity (Wildman–Crippen MR) is 88.0 cm³/mol. The molecule has 0 saturated heterocycles. The molecule has 0 bridgehead atoms. The van der Waals surface area contributed by atoms with Gasteiger partial charge >= 0.3 is 0 Å². The first-order chi connectivity index (χ1) is 10.7. The van der Waals surface area contributed by atoms with Gasteiger partial charge in [0.15, 0.2) is 5.82 Å². The Morgan fingerprint density at radius 3 is 2.64 bits per heavy atom. The van der Waals surface area contributed by atoms with Gasteiger partial charge in [0.05, 0.1) is 5.92 Å². The maximum atomic E-state index is 5.45. The summed E-state index contributed by atoms with van der Waals surface area (Å²) in [5.74, 6) is 1.52. The highest BCUT2D eigenvalue weighted by Crippen LogP contribution is 2.26. The summed E-state index contributed by atoms with van der Waals surface area (Å²) >= 11 is 0. The second kappa shape index (κ2) is 6.28. The minimum atomic E-state index is 0.0933. The van der Waals surface area contributed by atoms with Crippen LogP contribution in [0.2, 0.25) is 0 Å². The molecule has 1 heterocycles. The van der Waals surface area contributed by atoms with Gasteiger partial charge in [0.1, 0.15) is 0 Å². The minimum Gasteiger partial charge on any atom is -0.339 e. The van der Waals surface area contributed by atoms with Crippen LogP contribution in [0.4, 0.5) is 0 Å². The third-order valence-corrected chi connectivity index (χ3v) is 4.11. The Kier molecular flexibility index (Phi) is 4.20. The van der Waals surface area contributed by atoms with Gasteiger partial charge in [-0.3, -0.25) is 0 Å². The number of fused-ring (bicyclic) bond motifs is 1. The summed E-state index contributed by atoms with van der Waals surface area (Å²) in [6, 6.07) is 15.2. The summed E-state index contributed by atoms with van der Waals surface area (Å²) in [4.78, 5) is 4.54. The lowest BCUT2D eigenvalue weighted by Crippen LogP contribution is -2.24. The van der Waals surface area contributed by atoms with Gasteiger partial charge in [0.25, 0.3) is 0 Å². The number of nitrogens with one attached hydrogen (secondary N) is 1. The molecule has 22 heavy (non-hydrogen) atoms. The summed E-state index contributed by atoms with van der Waals surface area (Å²) in [6.45, 7) is 4.20. The SMILES string of the molecule is CNC(C)Cc1noc(C(C)c2ccc3ccccc3c2)n1. The molecule has 2 atom stereocenters. The van der Waals surface area contributed by atoms with Crippen LogP contribution in [0.15, 0.2) is 47.0 Å². The van der Waals surface area contributed by atoms with Gasteiger partial charge in [0, 0.05) is 12.5 Å². The Labute approximate surface area is 130 Å². The minimum absolute atomic E-state index is 0.0933. The van der Waals surface area contributed by atoms with E-state index >= 15 is 0 Å². The molecule has 3 rings (SSSR count). The van der Waals surface area contributed by atoms with Crippen LogP contribution in [-0.4, -0.2) is 23.2 Å². The second-order valence-corrected chi connectivity index (χ2v) is 5.77. The van der Waals surface area contributed by atoms with E-state index in [0.717, 1.165) is 12.2 Å². The van der Waals surface area contributed by atoms with E-state index in [1.54, 1.807) is 0 Å². The van der Waals surface area contributed by atoms with E-state index in [1.807, 2.05) is 7.05 Å². The molecule has 2 aromatic carbocycles. The molecule has 0 fully saturated rings. The highest BCUT2D eigenvalue weighted by Gasteiger charge is 2.17. The van der Waals surface area contributed by atoms with Crippen molar-refractivity contribution in [1.29, 1.82) is 0 Å². The Balaban J connectivity index is 1.84. The molecule has 0 aliphatic carbocycles. The highest BCUT2D eigenvalue weighted by atomic mass is 16.5. The smallest absolute Gasteiger partial charge is 0.233 e. The molecule has 0 aliphatic rings. The monoisotopic (exact) mass is 295 g/mol. The molecule has 4 heteroatoms. The molecule has 1 aromatic heterocycles. The van der Waals surface area contributed by atoms with E-state index in [0.29, 0.717) is 11.9 Å². The van der Waals surface area contributed by atoms with Crippen molar-refractivity contribution in [3.63, 3.8) is 0 Å². The third kappa shape index (κ3) is 3.02. The quantitative estimate of drug-likeness (QED) is 0.782. The number of hydrogen-bond donors (Lipinski definition) is 1. The zero-order chi connectivity index (χ0) is 15.5. The number of benzene rings is 2. The first-order valence-corrected chi connectivity index (χ1v) is 7.66. The Bertz CT molecular complexity index is 766. The van der Waals surface area contributed by atoms with Crippen LogP contribution in [0.1, 0.15) is 37.0 Å². The second-order valence-electron chi connectivity index (χ2n) is 5.77.